The lowest BCUT2D eigenvalue weighted by molar-refractivity contribution is -0.126. The van der Waals surface area contributed by atoms with E-state index in [4.69, 9.17) is 9.47 Å². The average molecular weight is 501 g/mol. The summed E-state index contributed by atoms with van der Waals surface area (Å²) in [6.45, 7) is 2.83. The third-order valence-corrected chi connectivity index (χ3v) is 8.04. The van der Waals surface area contributed by atoms with Crippen LogP contribution in [0.5, 0.6) is 11.5 Å². The van der Waals surface area contributed by atoms with Gasteiger partial charge in [0.25, 0.3) is 5.91 Å². The quantitative estimate of drug-likeness (QED) is 0.389. The maximum absolute atomic E-state index is 14.8. The molecule has 0 spiro atoms. The molecule has 196 valence electrons. The van der Waals surface area contributed by atoms with Crippen molar-refractivity contribution < 1.29 is 28.2 Å². The number of benzene rings is 1. The summed E-state index contributed by atoms with van der Waals surface area (Å²) in [6, 6.07) is 2.15. The van der Waals surface area contributed by atoms with Gasteiger partial charge in [-0.1, -0.05) is 25.5 Å². The van der Waals surface area contributed by atoms with E-state index in [0.29, 0.717) is 45.1 Å². The molecule has 3 aliphatic carbocycles. The van der Waals surface area contributed by atoms with E-state index in [1.54, 1.807) is 0 Å². The van der Waals surface area contributed by atoms with Gasteiger partial charge in [-0.3, -0.25) is 9.59 Å². The number of halogens is 1. The second-order valence-electron chi connectivity index (χ2n) is 10.8. The zero-order valence-corrected chi connectivity index (χ0v) is 21.2. The van der Waals surface area contributed by atoms with Crippen molar-refractivity contribution in [2.24, 2.45) is 17.3 Å². The number of ether oxygens (including phenoxy) is 2. The Morgan fingerprint density at radius 3 is 2.47 bits per heavy atom. The number of aldehydes is 1. The minimum Gasteiger partial charge on any atom is -0.496 e. The zero-order valence-electron chi connectivity index (χ0n) is 21.2. The van der Waals surface area contributed by atoms with Gasteiger partial charge in [0, 0.05) is 24.6 Å². The maximum Gasteiger partial charge on any atom is 0.255 e. The highest BCUT2D eigenvalue weighted by Gasteiger charge is 2.35. The van der Waals surface area contributed by atoms with Crippen molar-refractivity contribution in [3.8, 4) is 11.5 Å². The molecule has 1 aromatic carbocycles. The highest BCUT2D eigenvalue weighted by Crippen LogP contribution is 2.39. The van der Waals surface area contributed by atoms with E-state index in [-0.39, 0.29) is 52.4 Å². The van der Waals surface area contributed by atoms with Crippen LogP contribution in [0.2, 0.25) is 0 Å². The third-order valence-electron chi connectivity index (χ3n) is 8.04. The predicted molar refractivity (Wildman–Crippen MR) is 133 cm³/mol. The lowest BCUT2D eigenvalue weighted by Crippen LogP contribution is -2.49. The Balaban J connectivity index is 1.44. The number of methoxy groups -OCH3 is 1. The topological polar surface area (TPSA) is 93.7 Å². The molecule has 2 N–H and O–H groups in total. The fourth-order valence-electron chi connectivity index (χ4n) is 5.39. The van der Waals surface area contributed by atoms with E-state index in [9.17, 15) is 18.8 Å². The van der Waals surface area contributed by atoms with Crippen molar-refractivity contribution in [3.63, 3.8) is 0 Å². The smallest absolute Gasteiger partial charge is 0.255 e. The fourth-order valence-corrected chi connectivity index (χ4v) is 5.39. The SMILES string of the molecule is COc1cc(F)c(OC2CCC(C=O)CC2)cc1C(=O)NC1CC=CCC1C(=O)NCC1(C)CCC1. The normalized spacial score (nSPS) is 26.9. The Morgan fingerprint density at radius 1 is 1.11 bits per heavy atom. The molecule has 2 saturated carbocycles. The number of nitrogens with one attached hydrogen (secondary N) is 2. The van der Waals surface area contributed by atoms with Crippen LogP contribution < -0.4 is 20.1 Å². The first-order valence-corrected chi connectivity index (χ1v) is 13.0. The summed E-state index contributed by atoms with van der Waals surface area (Å²) in [6.07, 6.45) is 11.9. The summed E-state index contributed by atoms with van der Waals surface area (Å²) in [4.78, 5) is 37.3. The predicted octanol–water partition coefficient (Wildman–Crippen LogP) is 4.34. The third kappa shape index (κ3) is 6.08. The maximum atomic E-state index is 14.8. The van der Waals surface area contributed by atoms with Gasteiger partial charge in [0.05, 0.1) is 24.7 Å². The number of hydrogen-bond donors (Lipinski definition) is 2. The fraction of sp³-hybridized carbons (Fsp3) is 0.607. The number of allylic oxidation sites excluding steroid dienone is 1. The van der Waals surface area contributed by atoms with Crippen LogP contribution in [0.4, 0.5) is 4.39 Å². The van der Waals surface area contributed by atoms with Gasteiger partial charge >= 0.3 is 0 Å². The molecule has 36 heavy (non-hydrogen) atoms. The molecule has 0 heterocycles. The van der Waals surface area contributed by atoms with E-state index >= 15 is 0 Å². The zero-order chi connectivity index (χ0) is 25.7. The highest BCUT2D eigenvalue weighted by atomic mass is 19.1. The number of rotatable bonds is 9. The first kappa shape index (κ1) is 26.2. The van der Waals surface area contributed by atoms with Crippen molar-refractivity contribution in [1.29, 1.82) is 0 Å². The van der Waals surface area contributed by atoms with E-state index in [0.717, 1.165) is 25.2 Å². The van der Waals surface area contributed by atoms with Crippen molar-refractivity contribution in [2.45, 2.75) is 76.9 Å². The minimum absolute atomic E-state index is 0.0120. The van der Waals surface area contributed by atoms with Crippen LogP contribution in [0.3, 0.4) is 0 Å². The molecule has 2 amide bonds. The number of hydrogen-bond acceptors (Lipinski definition) is 5. The standard InChI is InChI=1S/C28H37FN2O5/c1-28(12-5-13-28)17-30-26(33)20-6-3-4-7-23(20)31-27(34)21-14-25(22(29)15-24(21)35-2)36-19-10-8-18(16-32)9-11-19/h3-4,14-16,18-20,23H,5-13,17H2,1-2H3,(H,30,33)(H,31,34). The molecule has 0 saturated heterocycles. The van der Waals surface area contributed by atoms with Crippen molar-refractivity contribution in [1.82, 2.24) is 10.6 Å². The number of carbonyl (C=O) groups excluding carboxylic acids is 3. The summed E-state index contributed by atoms with van der Waals surface area (Å²) in [5.74, 6) is -1.36. The van der Waals surface area contributed by atoms with Gasteiger partial charge in [-0.15, -0.1) is 0 Å². The Labute approximate surface area is 212 Å². The van der Waals surface area contributed by atoms with E-state index in [1.807, 2.05) is 12.2 Å². The molecule has 1 aromatic rings. The summed E-state index contributed by atoms with van der Waals surface area (Å²) in [5, 5.41) is 6.07. The molecule has 0 aromatic heterocycles. The molecule has 0 radical (unpaired) electrons. The van der Waals surface area contributed by atoms with Gasteiger partial charge in [-0.2, -0.15) is 0 Å². The lowest BCUT2D eigenvalue weighted by atomic mass is 9.70. The van der Waals surface area contributed by atoms with Crippen LogP contribution in [0.25, 0.3) is 0 Å². The molecule has 8 heteroatoms. The Bertz CT molecular complexity index is 998. The first-order chi connectivity index (χ1) is 17.3. The number of amides is 2. The summed E-state index contributed by atoms with van der Waals surface area (Å²) < 4.78 is 26.0. The second-order valence-corrected chi connectivity index (χ2v) is 10.8. The molecule has 2 fully saturated rings. The van der Waals surface area contributed by atoms with Gasteiger partial charge < -0.3 is 24.9 Å². The minimum atomic E-state index is -0.608. The molecule has 0 aliphatic heterocycles. The second kappa shape index (κ2) is 11.4. The van der Waals surface area contributed by atoms with Crippen LogP contribution in [0, 0.1) is 23.1 Å². The van der Waals surface area contributed by atoms with Crippen molar-refractivity contribution >= 4 is 18.1 Å². The van der Waals surface area contributed by atoms with E-state index in [2.05, 4.69) is 17.6 Å². The molecule has 7 nitrogen and oxygen atoms in total. The van der Waals surface area contributed by atoms with E-state index in [1.165, 1.54) is 19.6 Å². The van der Waals surface area contributed by atoms with Gasteiger partial charge in [0.2, 0.25) is 5.91 Å². The monoisotopic (exact) mass is 500 g/mol. The van der Waals surface area contributed by atoms with Gasteiger partial charge in [0.15, 0.2) is 11.6 Å². The van der Waals surface area contributed by atoms with Crippen LogP contribution in [0.1, 0.15) is 75.1 Å². The molecule has 2 unspecified atom stereocenters. The average Bonchev–Trinajstić information content (AvgIpc) is 2.87. The van der Waals surface area contributed by atoms with E-state index < -0.39 is 11.7 Å². The summed E-state index contributed by atoms with van der Waals surface area (Å²) in [7, 11) is 1.38. The number of carbonyl (C=O) groups is 3. The largest absolute Gasteiger partial charge is 0.496 e. The van der Waals surface area contributed by atoms with Crippen LogP contribution in [0.15, 0.2) is 24.3 Å². The lowest BCUT2D eigenvalue weighted by Gasteiger charge is -2.39. The first-order valence-electron chi connectivity index (χ1n) is 13.0. The Kier molecular flexibility index (Phi) is 8.32. The van der Waals surface area contributed by atoms with Gasteiger partial charge in [-0.25, -0.2) is 4.39 Å². The van der Waals surface area contributed by atoms with Crippen LogP contribution in [-0.2, 0) is 9.59 Å². The Morgan fingerprint density at radius 2 is 1.83 bits per heavy atom. The van der Waals surface area contributed by atoms with Gasteiger partial charge in [-0.05, 0) is 62.8 Å². The molecule has 4 rings (SSSR count). The highest BCUT2D eigenvalue weighted by molar-refractivity contribution is 5.98. The molecular formula is C28H37FN2O5. The molecule has 3 aliphatic rings. The van der Waals surface area contributed by atoms with Crippen LogP contribution in [-0.4, -0.2) is 43.9 Å². The summed E-state index contributed by atoms with van der Waals surface area (Å²) in [5.41, 5.74) is 0.328. The van der Waals surface area contributed by atoms with Crippen molar-refractivity contribution in [3.05, 3.63) is 35.7 Å². The van der Waals surface area contributed by atoms with Gasteiger partial charge in [0.1, 0.15) is 12.0 Å². The summed E-state index contributed by atoms with van der Waals surface area (Å²) >= 11 is 0. The molecular weight excluding hydrogens is 463 g/mol. The van der Waals surface area contributed by atoms with Crippen LogP contribution >= 0.6 is 0 Å². The molecule has 2 atom stereocenters. The molecule has 0 bridgehead atoms. The Hall–Kier alpha value is -2.90. The van der Waals surface area contributed by atoms with Crippen molar-refractivity contribution in [2.75, 3.05) is 13.7 Å².